The number of esters is 1. The van der Waals surface area contributed by atoms with E-state index in [0.29, 0.717) is 13.2 Å². The third-order valence-corrected chi connectivity index (χ3v) is 3.24. The number of hydrogen-bond donors (Lipinski definition) is 0. The van der Waals surface area contributed by atoms with Crippen LogP contribution >= 0.6 is 0 Å². The minimum atomic E-state index is -0.450. The number of hydrogen-bond acceptors (Lipinski definition) is 5. The number of nitrogens with zero attached hydrogens (tertiary/aromatic N) is 1. The molecule has 0 fully saturated rings. The van der Waals surface area contributed by atoms with Gasteiger partial charge in [0.2, 0.25) is 5.76 Å². The maximum Gasteiger partial charge on any atom is 0.374 e. The monoisotopic (exact) mass is 303 g/mol. The Morgan fingerprint density at radius 2 is 1.91 bits per heavy atom. The Labute approximate surface area is 130 Å². The predicted octanol–water partition coefficient (Wildman–Crippen LogP) is 3.10. The molecule has 1 heterocycles. The minimum Gasteiger partial charge on any atom is -0.494 e. The maximum atomic E-state index is 11.6. The molecular weight excluding hydrogens is 282 g/mol. The van der Waals surface area contributed by atoms with Gasteiger partial charge in [-0.1, -0.05) is 12.1 Å². The Morgan fingerprint density at radius 1 is 1.18 bits per heavy atom. The van der Waals surface area contributed by atoms with E-state index in [-0.39, 0.29) is 5.76 Å². The Hall–Kier alpha value is -2.27. The third-order valence-electron chi connectivity index (χ3n) is 3.24. The van der Waals surface area contributed by atoms with Crippen LogP contribution in [0.2, 0.25) is 0 Å². The molecule has 5 nitrogen and oxygen atoms in total. The molecular formula is C17H21NO4. The van der Waals surface area contributed by atoms with Gasteiger partial charge in [-0.3, -0.25) is 4.90 Å². The first-order valence-electron chi connectivity index (χ1n) is 7.19. The second kappa shape index (κ2) is 7.66. The van der Waals surface area contributed by atoms with Gasteiger partial charge in [0, 0.05) is 18.7 Å². The molecule has 22 heavy (non-hydrogen) atoms. The van der Waals surface area contributed by atoms with Crippen LogP contribution < -0.4 is 4.74 Å². The molecule has 0 saturated carbocycles. The van der Waals surface area contributed by atoms with Gasteiger partial charge in [0.1, 0.15) is 5.75 Å². The number of methoxy groups -OCH3 is 1. The molecule has 0 spiro atoms. The molecule has 2 aromatic rings. The molecule has 0 amide bonds. The SMILES string of the molecule is CCOc1ccc(CN(C)Cc2ccoc2C(=O)OC)cc1. The summed E-state index contributed by atoms with van der Waals surface area (Å²) >= 11 is 0. The summed E-state index contributed by atoms with van der Waals surface area (Å²) in [7, 11) is 3.34. The maximum absolute atomic E-state index is 11.6. The van der Waals surface area contributed by atoms with E-state index in [0.717, 1.165) is 17.9 Å². The van der Waals surface area contributed by atoms with E-state index in [1.807, 2.05) is 38.2 Å². The van der Waals surface area contributed by atoms with Gasteiger partial charge in [0.05, 0.1) is 20.0 Å². The second-order valence-electron chi connectivity index (χ2n) is 5.02. The molecule has 118 valence electrons. The molecule has 1 aromatic carbocycles. The summed E-state index contributed by atoms with van der Waals surface area (Å²) in [5.41, 5.74) is 1.99. The number of ether oxygens (including phenoxy) is 2. The van der Waals surface area contributed by atoms with E-state index in [2.05, 4.69) is 4.90 Å². The van der Waals surface area contributed by atoms with E-state index in [4.69, 9.17) is 13.9 Å². The lowest BCUT2D eigenvalue weighted by Gasteiger charge is -2.16. The van der Waals surface area contributed by atoms with Crippen LogP contribution in [0.4, 0.5) is 0 Å². The van der Waals surface area contributed by atoms with Gasteiger partial charge in [-0.2, -0.15) is 0 Å². The van der Waals surface area contributed by atoms with Crippen molar-refractivity contribution in [3.63, 3.8) is 0 Å². The lowest BCUT2D eigenvalue weighted by Crippen LogP contribution is -2.18. The number of carbonyl (C=O) groups excluding carboxylic acids is 1. The number of carbonyl (C=O) groups is 1. The van der Waals surface area contributed by atoms with E-state index >= 15 is 0 Å². The van der Waals surface area contributed by atoms with Crippen LogP contribution in [0, 0.1) is 0 Å². The van der Waals surface area contributed by atoms with Crippen molar-refractivity contribution < 1.29 is 18.7 Å². The highest BCUT2D eigenvalue weighted by molar-refractivity contribution is 5.87. The van der Waals surface area contributed by atoms with Crippen molar-refractivity contribution in [2.45, 2.75) is 20.0 Å². The number of rotatable bonds is 7. The average molecular weight is 303 g/mol. The summed E-state index contributed by atoms with van der Waals surface area (Å²) in [6.07, 6.45) is 1.51. The van der Waals surface area contributed by atoms with Gasteiger partial charge in [-0.25, -0.2) is 4.79 Å². The van der Waals surface area contributed by atoms with Crippen LogP contribution in [0.15, 0.2) is 41.0 Å². The van der Waals surface area contributed by atoms with Crippen molar-refractivity contribution in [3.05, 3.63) is 53.5 Å². The van der Waals surface area contributed by atoms with Crippen molar-refractivity contribution in [1.82, 2.24) is 4.90 Å². The molecule has 0 aliphatic heterocycles. The quantitative estimate of drug-likeness (QED) is 0.736. The van der Waals surface area contributed by atoms with Crippen LogP contribution in [-0.2, 0) is 17.8 Å². The molecule has 0 N–H and O–H groups in total. The molecule has 0 bridgehead atoms. The molecule has 5 heteroatoms. The normalized spacial score (nSPS) is 10.7. The zero-order valence-corrected chi connectivity index (χ0v) is 13.2. The van der Waals surface area contributed by atoms with Crippen molar-refractivity contribution in [3.8, 4) is 5.75 Å². The molecule has 1 aromatic heterocycles. The lowest BCUT2D eigenvalue weighted by molar-refractivity contribution is 0.0562. The highest BCUT2D eigenvalue weighted by Crippen LogP contribution is 2.17. The van der Waals surface area contributed by atoms with E-state index < -0.39 is 5.97 Å². The van der Waals surface area contributed by atoms with Crippen LogP contribution in [0.25, 0.3) is 0 Å². The zero-order chi connectivity index (χ0) is 15.9. The number of furan rings is 1. The number of benzene rings is 1. The van der Waals surface area contributed by atoms with Crippen LogP contribution in [0.3, 0.4) is 0 Å². The minimum absolute atomic E-state index is 0.265. The topological polar surface area (TPSA) is 51.9 Å². The fourth-order valence-corrected chi connectivity index (χ4v) is 2.25. The fourth-order valence-electron chi connectivity index (χ4n) is 2.25. The highest BCUT2D eigenvalue weighted by atomic mass is 16.5. The fraction of sp³-hybridized carbons (Fsp3) is 0.353. The molecule has 0 aliphatic rings. The van der Waals surface area contributed by atoms with Gasteiger partial charge in [-0.05, 0) is 37.7 Å². The molecule has 0 saturated heterocycles. The van der Waals surface area contributed by atoms with E-state index in [1.165, 1.54) is 18.9 Å². The summed E-state index contributed by atoms with van der Waals surface area (Å²) in [5.74, 6) is 0.687. The standard InChI is InChI=1S/C17H21NO4/c1-4-21-15-7-5-13(6-8-15)11-18(2)12-14-9-10-22-16(14)17(19)20-3/h5-10H,4,11-12H2,1-3H3. The summed E-state index contributed by atoms with van der Waals surface area (Å²) in [6, 6.07) is 9.80. The van der Waals surface area contributed by atoms with Gasteiger partial charge < -0.3 is 13.9 Å². The van der Waals surface area contributed by atoms with Crippen LogP contribution in [0.5, 0.6) is 5.75 Å². The first-order valence-corrected chi connectivity index (χ1v) is 7.19. The summed E-state index contributed by atoms with van der Waals surface area (Å²) in [5, 5.41) is 0. The smallest absolute Gasteiger partial charge is 0.374 e. The summed E-state index contributed by atoms with van der Waals surface area (Å²) in [6.45, 7) is 3.99. The molecule has 0 atom stereocenters. The van der Waals surface area contributed by atoms with Crippen molar-refractivity contribution in [1.29, 1.82) is 0 Å². The first kappa shape index (κ1) is 16.1. The Bertz CT molecular complexity index is 603. The Balaban J connectivity index is 1.96. The first-order chi connectivity index (χ1) is 10.6. The zero-order valence-electron chi connectivity index (χ0n) is 13.2. The summed E-state index contributed by atoms with van der Waals surface area (Å²) in [4.78, 5) is 13.7. The van der Waals surface area contributed by atoms with Gasteiger partial charge in [0.25, 0.3) is 0 Å². The second-order valence-corrected chi connectivity index (χ2v) is 5.02. The lowest BCUT2D eigenvalue weighted by atomic mass is 10.2. The van der Waals surface area contributed by atoms with Gasteiger partial charge in [0.15, 0.2) is 0 Å². The van der Waals surface area contributed by atoms with Crippen molar-refractivity contribution in [2.24, 2.45) is 0 Å². The molecule has 0 unspecified atom stereocenters. The largest absolute Gasteiger partial charge is 0.494 e. The third kappa shape index (κ3) is 4.11. The van der Waals surface area contributed by atoms with E-state index in [9.17, 15) is 4.79 Å². The molecule has 2 rings (SSSR count). The average Bonchev–Trinajstić information content (AvgIpc) is 2.96. The van der Waals surface area contributed by atoms with Gasteiger partial charge >= 0.3 is 5.97 Å². The van der Waals surface area contributed by atoms with Crippen molar-refractivity contribution in [2.75, 3.05) is 20.8 Å². The Morgan fingerprint density at radius 3 is 2.55 bits per heavy atom. The predicted molar refractivity (Wildman–Crippen MR) is 82.8 cm³/mol. The van der Waals surface area contributed by atoms with Crippen LogP contribution in [0.1, 0.15) is 28.6 Å². The molecule has 0 aliphatic carbocycles. The van der Waals surface area contributed by atoms with Crippen molar-refractivity contribution >= 4 is 5.97 Å². The van der Waals surface area contributed by atoms with Crippen LogP contribution in [-0.4, -0.2) is 31.6 Å². The molecule has 0 radical (unpaired) electrons. The van der Waals surface area contributed by atoms with E-state index in [1.54, 1.807) is 6.07 Å². The summed E-state index contributed by atoms with van der Waals surface area (Å²) < 4.78 is 15.3. The van der Waals surface area contributed by atoms with Gasteiger partial charge in [-0.15, -0.1) is 0 Å². The highest BCUT2D eigenvalue weighted by Gasteiger charge is 2.16. The Kier molecular flexibility index (Phi) is 5.61.